The van der Waals surface area contributed by atoms with E-state index in [9.17, 15) is 20.1 Å². The summed E-state index contributed by atoms with van der Waals surface area (Å²) in [6.45, 7) is 2.67. The normalized spacial score (nSPS) is 26.7. The van der Waals surface area contributed by atoms with Gasteiger partial charge >= 0.3 is 5.97 Å². The lowest BCUT2D eigenvalue weighted by atomic mass is 10.1. The van der Waals surface area contributed by atoms with Gasteiger partial charge in [-0.05, 0) is 37.1 Å². The second-order valence-electron chi connectivity index (χ2n) is 10.1. The first-order valence-corrected chi connectivity index (χ1v) is 13.2. The Morgan fingerprint density at radius 3 is 2.69 bits per heavy atom. The number of carbonyl (C=O) groups is 1. The molecule has 3 aromatic rings. The van der Waals surface area contributed by atoms with E-state index >= 15 is 0 Å². The van der Waals surface area contributed by atoms with Crippen LogP contribution in [0, 0.1) is 0 Å². The summed E-state index contributed by atoms with van der Waals surface area (Å²) in [6, 6.07) is 6.13. The number of nitrogen functional groups attached to an aromatic ring is 1. The summed E-state index contributed by atoms with van der Waals surface area (Å²) in [4.78, 5) is 25.6. The van der Waals surface area contributed by atoms with Gasteiger partial charge in [-0.25, -0.2) is 15.0 Å². The number of fused-ring (bicyclic) bond motifs is 2. The average molecular weight is 561 g/mol. The molecule has 0 amide bonds. The molecule has 1 saturated heterocycles. The van der Waals surface area contributed by atoms with E-state index in [0.29, 0.717) is 42.4 Å². The third-order valence-corrected chi connectivity index (χ3v) is 7.81. The summed E-state index contributed by atoms with van der Waals surface area (Å²) in [6.07, 6.45) is 1.42. The quantitative estimate of drug-likeness (QED) is 0.145. The van der Waals surface area contributed by atoms with Crippen LogP contribution in [-0.4, -0.2) is 108 Å². The van der Waals surface area contributed by atoms with Gasteiger partial charge in [0.25, 0.3) is 0 Å². The van der Waals surface area contributed by atoms with Crippen molar-refractivity contribution in [2.24, 2.45) is 5.73 Å². The molecule has 1 saturated carbocycles. The summed E-state index contributed by atoms with van der Waals surface area (Å²) < 4.78 is 7.76. The molecule has 1 aromatic carbocycles. The molecular weight excluding hydrogens is 528 g/mol. The van der Waals surface area contributed by atoms with Gasteiger partial charge in [0.15, 0.2) is 11.5 Å². The van der Waals surface area contributed by atoms with E-state index in [2.05, 4.69) is 20.3 Å². The van der Waals surface area contributed by atoms with E-state index in [0.717, 1.165) is 13.0 Å². The Kier molecular flexibility index (Phi) is 8.01. The average Bonchev–Trinajstić information content (AvgIpc) is 3.17. The fourth-order valence-electron chi connectivity index (χ4n) is 5.26. The van der Waals surface area contributed by atoms with Crippen LogP contribution in [0.3, 0.4) is 0 Å². The van der Waals surface area contributed by atoms with Crippen molar-refractivity contribution in [3.05, 3.63) is 47.5 Å². The SMILES string of the molecule is Nc1ncnc2c1ncn2C1[C@@H]2OC(CN(CCNCCc3ccc(Cl)cc3)CC[C@H](N)C(=O)O)[C@@H](O)[C@]12O. The molecule has 8 N–H and O–H groups in total. The number of anilines is 1. The number of carboxylic acid groups (broad SMARTS) is 1. The number of nitrogens with one attached hydrogen (secondary N) is 1. The number of carboxylic acids is 1. The molecule has 210 valence electrons. The van der Waals surface area contributed by atoms with Gasteiger partial charge in [-0.2, -0.15) is 0 Å². The monoisotopic (exact) mass is 560 g/mol. The number of hydrogen-bond donors (Lipinski definition) is 6. The van der Waals surface area contributed by atoms with E-state index in [4.69, 9.17) is 27.8 Å². The van der Waals surface area contributed by atoms with E-state index < -0.39 is 42.0 Å². The number of rotatable bonds is 13. The molecule has 39 heavy (non-hydrogen) atoms. The number of aliphatic hydroxyl groups excluding tert-OH is 1. The zero-order valence-electron chi connectivity index (χ0n) is 21.2. The van der Waals surface area contributed by atoms with Crippen molar-refractivity contribution in [1.29, 1.82) is 0 Å². The maximum absolute atomic E-state index is 11.3. The Morgan fingerprint density at radius 1 is 1.23 bits per heavy atom. The van der Waals surface area contributed by atoms with Crippen molar-refractivity contribution in [3.63, 3.8) is 0 Å². The highest BCUT2D eigenvalue weighted by molar-refractivity contribution is 6.30. The number of aromatic nitrogens is 4. The zero-order valence-corrected chi connectivity index (χ0v) is 22.0. The van der Waals surface area contributed by atoms with Crippen molar-refractivity contribution in [1.82, 2.24) is 29.7 Å². The minimum absolute atomic E-state index is 0.230. The molecular formula is C25H33ClN8O5. The molecule has 1 aliphatic carbocycles. The number of halogens is 1. The molecule has 0 radical (unpaired) electrons. The molecule has 2 unspecified atom stereocenters. The summed E-state index contributed by atoms with van der Waals surface area (Å²) in [7, 11) is 0. The highest BCUT2D eigenvalue weighted by atomic mass is 35.5. The maximum atomic E-state index is 11.3. The van der Waals surface area contributed by atoms with Gasteiger partial charge in [0.1, 0.15) is 35.7 Å². The number of aliphatic carboxylic acids is 1. The van der Waals surface area contributed by atoms with Gasteiger partial charge in [0.2, 0.25) is 0 Å². The Labute approximate surface area is 229 Å². The highest BCUT2D eigenvalue weighted by Crippen LogP contribution is 2.59. The number of nitrogens with zero attached hydrogens (tertiary/aromatic N) is 5. The summed E-state index contributed by atoms with van der Waals surface area (Å²) in [5.74, 6) is -0.837. The van der Waals surface area contributed by atoms with Crippen LogP contribution in [0.5, 0.6) is 0 Å². The minimum atomic E-state index is -1.50. The summed E-state index contributed by atoms with van der Waals surface area (Å²) in [5.41, 5.74) is 12.1. The van der Waals surface area contributed by atoms with Gasteiger partial charge in [-0.1, -0.05) is 23.7 Å². The number of imidazole rings is 1. The Morgan fingerprint density at radius 2 is 2.00 bits per heavy atom. The third-order valence-electron chi connectivity index (χ3n) is 7.56. The van der Waals surface area contributed by atoms with Crippen molar-refractivity contribution >= 4 is 34.6 Å². The molecule has 14 heteroatoms. The van der Waals surface area contributed by atoms with Gasteiger partial charge in [0.05, 0.1) is 18.5 Å². The van der Waals surface area contributed by atoms with Crippen LogP contribution in [0.1, 0.15) is 18.0 Å². The van der Waals surface area contributed by atoms with E-state index in [1.807, 2.05) is 29.2 Å². The first kappa shape index (κ1) is 27.6. The van der Waals surface area contributed by atoms with Crippen LogP contribution in [0.4, 0.5) is 5.82 Å². The highest BCUT2D eigenvalue weighted by Gasteiger charge is 2.77. The fraction of sp³-hybridized carbons (Fsp3) is 0.520. The smallest absolute Gasteiger partial charge is 0.320 e. The molecule has 1 aliphatic heterocycles. The molecule has 2 fully saturated rings. The van der Waals surface area contributed by atoms with Gasteiger partial charge in [-0.3, -0.25) is 9.69 Å². The van der Waals surface area contributed by atoms with Crippen LogP contribution in [0.15, 0.2) is 36.9 Å². The third kappa shape index (κ3) is 5.57. The lowest BCUT2D eigenvalue weighted by Gasteiger charge is -2.30. The lowest BCUT2D eigenvalue weighted by molar-refractivity contribution is -0.138. The zero-order chi connectivity index (χ0) is 27.7. The van der Waals surface area contributed by atoms with Crippen molar-refractivity contribution in [3.8, 4) is 0 Å². The largest absolute Gasteiger partial charge is 0.480 e. The predicted octanol–water partition coefficient (Wildman–Crippen LogP) is -0.588. The van der Waals surface area contributed by atoms with Gasteiger partial charge < -0.3 is 41.4 Å². The summed E-state index contributed by atoms with van der Waals surface area (Å²) >= 11 is 5.94. The first-order chi connectivity index (χ1) is 18.7. The predicted molar refractivity (Wildman–Crippen MR) is 143 cm³/mol. The molecule has 3 heterocycles. The molecule has 0 spiro atoms. The summed E-state index contributed by atoms with van der Waals surface area (Å²) in [5, 5.41) is 35.7. The Hall–Kier alpha value is -2.91. The van der Waals surface area contributed by atoms with Crippen LogP contribution >= 0.6 is 11.6 Å². The molecule has 0 bridgehead atoms. The fourth-order valence-corrected chi connectivity index (χ4v) is 5.38. The second-order valence-corrected chi connectivity index (χ2v) is 10.6. The lowest BCUT2D eigenvalue weighted by Crippen LogP contribution is -2.47. The van der Waals surface area contributed by atoms with Gasteiger partial charge in [0, 0.05) is 31.2 Å². The standard InChI is InChI=1S/C25H33ClN8O5/c26-15-3-1-14(2-4-15)5-7-29-8-10-33(9-6-16(27)24(36)37)11-17-20(35)25(38)19(21(25)39-17)34-13-32-18-22(28)30-12-31-23(18)34/h1-4,12-13,16-17,19-21,29,35,38H,5-11,27H2,(H,36,37)(H2,28,30,31)/t16-,17?,19?,20+,21-,25+/m0/s1. The van der Waals surface area contributed by atoms with E-state index in [1.54, 1.807) is 4.57 Å². The Bertz CT molecular complexity index is 1310. The first-order valence-electron chi connectivity index (χ1n) is 12.8. The van der Waals surface area contributed by atoms with Crippen LogP contribution < -0.4 is 16.8 Å². The number of benzene rings is 1. The Balaban J connectivity index is 1.17. The molecule has 2 aromatic heterocycles. The van der Waals surface area contributed by atoms with Gasteiger partial charge in [-0.15, -0.1) is 0 Å². The van der Waals surface area contributed by atoms with Crippen molar-refractivity contribution < 1.29 is 24.9 Å². The second kappa shape index (κ2) is 11.3. The van der Waals surface area contributed by atoms with Crippen molar-refractivity contribution in [2.75, 3.05) is 38.5 Å². The van der Waals surface area contributed by atoms with Crippen LogP contribution in [0.2, 0.25) is 5.02 Å². The van der Waals surface area contributed by atoms with E-state index in [1.165, 1.54) is 18.2 Å². The molecule has 2 aliphatic rings. The van der Waals surface area contributed by atoms with E-state index in [-0.39, 0.29) is 12.2 Å². The number of aliphatic hydroxyl groups is 2. The molecule has 6 atom stereocenters. The van der Waals surface area contributed by atoms with Crippen LogP contribution in [-0.2, 0) is 16.0 Å². The number of ether oxygens (including phenoxy) is 1. The van der Waals surface area contributed by atoms with Crippen molar-refractivity contribution in [2.45, 2.75) is 48.8 Å². The molecule has 5 rings (SSSR count). The minimum Gasteiger partial charge on any atom is -0.480 e. The number of hydrogen-bond acceptors (Lipinski definition) is 11. The van der Waals surface area contributed by atoms with Crippen LogP contribution in [0.25, 0.3) is 11.2 Å². The maximum Gasteiger partial charge on any atom is 0.320 e. The number of nitrogens with two attached hydrogens (primary N) is 2. The topological polar surface area (TPSA) is 198 Å². The molecule has 13 nitrogen and oxygen atoms in total.